The molecule has 0 spiro atoms. The molecular weight excluding hydrogens is 276 g/mol. The van der Waals surface area contributed by atoms with Crippen molar-refractivity contribution < 1.29 is 14.3 Å². The van der Waals surface area contributed by atoms with Crippen LogP contribution in [0.5, 0.6) is 5.75 Å². The molecule has 0 N–H and O–H groups in total. The Balaban J connectivity index is 2.26. The van der Waals surface area contributed by atoms with Crippen molar-refractivity contribution in [2.24, 2.45) is 5.92 Å². The fourth-order valence-corrected chi connectivity index (χ4v) is 2.43. The van der Waals surface area contributed by atoms with Crippen molar-refractivity contribution in [1.82, 2.24) is 0 Å². The van der Waals surface area contributed by atoms with Gasteiger partial charge in [-0.25, -0.2) is 0 Å². The number of benzene rings is 2. The molecule has 2 rings (SSSR count). The monoisotopic (exact) mass is 296 g/mol. The van der Waals surface area contributed by atoms with Gasteiger partial charge in [-0.15, -0.1) is 0 Å². The Bertz CT molecular complexity index is 629. The molecule has 3 nitrogen and oxygen atoms in total. The van der Waals surface area contributed by atoms with Crippen LogP contribution in [0.15, 0.2) is 54.6 Å². The molecule has 1 unspecified atom stereocenters. The Morgan fingerprint density at radius 1 is 0.909 bits per heavy atom. The molecule has 114 valence electrons. The molecule has 0 bridgehead atoms. The minimum absolute atomic E-state index is 0.108. The van der Waals surface area contributed by atoms with Crippen LogP contribution in [0.1, 0.15) is 40.5 Å². The summed E-state index contributed by atoms with van der Waals surface area (Å²) >= 11 is 0. The first-order valence-corrected chi connectivity index (χ1v) is 7.45. The lowest BCUT2D eigenvalue weighted by Crippen LogP contribution is -2.24. The van der Waals surface area contributed by atoms with Crippen molar-refractivity contribution in [3.8, 4) is 5.75 Å². The highest BCUT2D eigenvalue weighted by Crippen LogP contribution is 2.21. The third-order valence-electron chi connectivity index (χ3n) is 3.64. The van der Waals surface area contributed by atoms with Crippen molar-refractivity contribution in [1.29, 1.82) is 0 Å². The molecule has 2 aromatic rings. The molecule has 3 heteroatoms. The van der Waals surface area contributed by atoms with E-state index in [1.165, 1.54) is 0 Å². The van der Waals surface area contributed by atoms with Gasteiger partial charge in [-0.05, 0) is 30.7 Å². The first-order chi connectivity index (χ1) is 10.7. The van der Waals surface area contributed by atoms with E-state index in [-0.39, 0.29) is 11.6 Å². The van der Waals surface area contributed by atoms with Gasteiger partial charge >= 0.3 is 0 Å². The standard InChI is InChI=1S/C19H20O3/c1-3-7-17(18(20)14-8-5-4-6-9-14)19(21)15-10-12-16(22-2)13-11-15/h4-6,8-13,17H,3,7H2,1-2H3. The summed E-state index contributed by atoms with van der Waals surface area (Å²) in [4.78, 5) is 25.3. The molecule has 0 radical (unpaired) electrons. The van der Waals surface area contributed by atoms with Gasteiger partial charge in [-0.1, -0.05) is 43.7 Å². The predicted octanol–water partition coefficient (Wildman–Crippen LogP) is 4.18. The summed E-state index contributed by atoms with van der Waals surface area (Å²) in [6, 6.07) is 15.9. The number of ketones is 2. The van der Waals surface area contributed by atoms with Crippen LogP contribution < -0.4 is 4.74 Å². The largest absolute Gasteiger partial charge is 0.497 e. The highest BCUT2D eigenvalue weighted by atomic mass is 16.5. The van der Waals surface area contributed by atoms with Gasteiger partial charge in [0.2, 0.25) is 0 Å². The topological polar surface area (TPSA) is 43.4 Å². The molecule has 0 aromatic heterocycles. The van der Waals surface area contributed by atoms with Crippen LogP contribution in [0.25, 0.3) is 0 Å². The summed E-state index contributed by atoms with van der Waals surface area (Å²) in [7, 11) is 1.58. The summed E-state index contributed by atoms with van der Waals surface area (Å²) in [6.07, 6.45) is 1.34. The van der Waals surface area contributed by atoms with Crippen molar-refractivity contribution in [3.05, 3.63) is 65.7 Å². The summed E-state index contributed by atoms with van der Waals surface area (Å²) < 4.78 is 5.10. The van der Waals surface area contributed by atoms with Gasteiger partial charge in [-0.3, -0.25) is 9.59 Å². The van der Waals surface area contributed by atoms with E-state index in [4.69, 9.17) is 4.74 Å². The SMILES string of the molecule is CCCC(C(=O)c1ccccc1)C(=O)c1ccc(OC)cc1. The molecule has 0 aliphatic heterocycles. The summed E-state index contributed by atoms with van der Waals surface area (Å²) in [5, 5.41) is 0. The van der Waals surface area contributed by atoms with E-state index in [0.717, 1.165) is 6.42 Å². The van der Waals surface area contributed by atoms with Gasteiger partial charge in [0.1, 0.15) is 5.75 Å². The third kappa shape index (κ3) is 3.61. The van der Waals surface area contributed by atoms with Gasteiger partial charge in [0.15, 0.2) is 11.6 Å². The minimum Gasteiger partial charge on any atom is -0.497 e. The van der Waals surface area contributed by atoms with Gasteiger partial charge in [0.05, 0.1) is 13.0 Å². The number of hydrogen-bond acceptors (Lipinski definition) is 3. The van der Waals surface area contributed by atoms with Crippen LogP contribution in [0, 0.1) is 5.92 Å². The lowest BCUT2D eigenvalue weighted by atomic mass is 9.87. The fraction of sp³-hybridized carbons (Fsp3) is 0.263. The van der Waals surface area contributed by atoms with Gasteiger partial charge in [0, 0.05) is 11.1 Å². The Labute approximate surface area is 130 Å². The second kappa shape index (κ2) is 7.55. The molecule has 0 fully saturated rings. The molecular formula is C19H20O3. The van der Waals surface area contributed by atoms with Crippen LogP contribution in [0.4, 0.5) is 0 Å². The Morgan fingerprint density at radius 2 is 1.45 bits per heavy atom. The third-order valence-corrected chi connectivity index (χ3v) is 3.64. The maximum Gasteiger partial charge on any atom is 0.173 e. The summed E-state index contributed by atoms with van der Waals surface area (Å²) in [5.41, 5.74) is 1.13. The Kier molecular flexibility index (Phi) is 5.48. The van der Waals surface area contributed by atoms with Crippen molar-refractivity contribution in [2.45, 2.75) is 19.8 Å². The minimum atomic E-state index is -0.624. The van der Waals surface area contributed by atoms with Crippen LogP contribution in [0.2, 0.25) is 0 Å². The number of Topliss-reactive ketones (excluding diaryl/α,β-unsaturated/α-hetero) is 2. The van der Waals surface area contributed by atoms with E-state index in [1.807, 2.05) is 25.1 Å². The van der Waals surface area contributed by atoms with E-state index in [1.54, 1.807) is 43.5 Å². The molecule has 1 atom stereocenters. The molecule has 0 saturated carbocycles. The molecule has 0 heterocycles. The lowest BCUT2D eigenvalue weighted by Gasteiger charge is -2.14. The van der Waals surface area contributed by atoms with E-state index >= 15 is 0 Å². The fourth-order valence-electron chi connectivity index (χ4n) is 2.43. The quantitative estimate of drug-likeness (QED) is 0.568. The summed E-state index contributed by atoms with van der Waals surface area (Å²) in [5.74, 6) is -0.166. The molecule has 0 amide bonds. The maximum absolute atomic E-state index is 12.7. The number of carbonyl (C=O) groups is 2. The molecule has 2 aromatic carbocycles. The van der Waals surface area contributed by atoms with Crippen LogP contribution in [-0.4, -0.2) is 18.7 Å². The average molecular weight is 296 g/mol. The maximum atomic E-state index is 12.7. The van der Waals surface area contributed by atoms with Gasteiger partial charge in [0.25, 0.3) is 0 Å². The van der Waals surface area contributed by atoms with E-state index in [9.17, 15) is 9.59 Å². The second-order valence-electron chi connectivity index (χ2n) is 5.16. The van der Waals surface area contributed by atoms with Crippen molar-refractivity contribution >= 4 is 11.6 Å². The molecule has 22 heavy (non-hydrogen) atoms. The number of hydrogen-bond donors (Lipinski definition) is 0. The smallest absolute Gasteiger partial charge is 0.173 e. The van der Waals surface area contributed by atoms with Crippen molar-refractivity contribution in [3.63, 3.8) is 0 Å². The van der Waals surface area contributed by atoms with Crippen LogP contribution in [0.3, 0.4) is 0 Å². The molecule has 0 saturated heterocycles. The molecule has 0 aliphatic rings. The first kappa shape index (κ1) is 16.0. The number of rotatable bonds is 7. The lowest BCUT2D eigenvalue weighted by molar-refractivity contribution is 0.0798. The van der Waals surface area contributed by atoms with Gasteiger partial charge < -0.3 is 4.74 Å². The average Bonchev–Trinajstić information content (AvgIpc) is 2.59. The van der Waals surface area contributed by atoms with Crippen molar-refractivity contribution in [2.75, 3.05) is 7.11 Å². The zero-order valence-electron chi connectivity index (χ0n) is 12.9. The van der Waals surface area contributed by atoms with Crippen LogP contribution in [-0.2, 0) is 0 Å². The highest BCUT2D eigenvalue weighted by Gasteiger charge is 2.27. The second-order valence-corrected chi connectivity index (χ2v) is 5.16. The Hall–Kier alpha value is -2.42. The zero-order valence-corrected chi connectivity index (χ0v) is 12.9. The van der Waals surface area contributed by atoms with E-state index in [0.29, 0.717) is 23.3 Å². The number of ether oxygens (including phenoxy) is 1. The van der Waals surface area contributed by atoms with Crippen LogP contribution >= 0.6 is 0 Å². The highest BCUT2D eigenvalue weighted by molar-refractivity contribution is 6.16. The Morgan fingerprint density at radius 3 is 1.95 bits per heavy atom. The normalized spacial score (nSPS) is 11.7. The van der Waals surface area contributed by atoms with E-state index in [2.05, 4.69) is 0 Å². The first-order valence-electron chi connectivity index (χ1n) is 7.45. The van der Waals surface area contributed by atoms with Gasteiger partial charge in [-0.2, -0.15) is 0 Å². The predicted molar refractivity (Wildman–Crippen MR) is 86.5 cm³/mol. The molecule has 0 aliphatic carbocycles. The zero-order chi connectivity index (χ0) is 15.9. The number of carbonyl (C=O) groups excluding carboxylic acids is 2. The van der Waals surface area contributed by atoms with E-state index < -0.39 is 5.92 Å². The summed E-state index contributed by atoms with van der Waals surface area (Å²) in [6.45, 7) is 1.98. The number of methoxy groups -OCH3 is 1.